The van der Waals surface area contributed by atoms with Gasteiger partial charge in [-0.3, -0.25) is 0 Å². The van der Waals surface area contributed by atoms with Crippen molar-refractivity contribution in [2.75, 3.05) is 5.75 Å². The van der Waals surface area contributed by atoms with Gasteiger partial charge in [0.15, 0.2) is 0 Å². The Morgan fingerprint density at radius 2 is 2.12 bits per heavy atom. The molecule has 0 aliphatic carbocycles. The zero-order chi connectivity index (χ0) is 12.2. The summed E-state index contributed by atoms with van der Waals surface area (Å²) in [6.07, 6.45) is 0.203. The van der Waals surface area contributed by atoms with Gasteiger partial charge in [-0.05, 0) is 18.2 Å². The molecule has 0 aliphatic rings. The van der Waals surface area contributed by atoms with E-state index < -0.39 is 11.7 Å². The average Bonchev–Trinajstić information content (AvgIpc) is 2.19. The van der Waals surface area contributed by atoms with E-state index in [-0.39, 0.29) is 10.7 Å². The highest BCUT2D eigenvalue weighted by Gasteiger charge is 2.31. The van der Waals surface area contributed by atoms with Crippen LogP contribution >= 0.6 is 24.2 Å². The summed E-state index contributed by atoms with van der Waals surface area (Å²) in [6.45, 7) is 0. The van der Waals surface area contributed by atoms with Crippen LogP contribution in [0.15, 0.2) is 18.3 Å². The molecule has 16 heavy (non-hydrogen) atoms. The van der Waals surface area contributed by atoms with Crippen molar-refractivity contribution < 1.29 is 13.2 Å². The number of rotatable bonds is 3. The zero-order valence-electron chi connectivity index (χ0n) is 8.13. The third-order valence-electron chi connectivity index (χ3n) is 1.79. The van der Waals surface area contributed by atoms with Crippen molar-refractivity contribution in [1.29, 1.82) is 0 Å². The minimum Gasteiger partial charge on any atom is -0.243 e. The van der Waals surface area contributed by atoms with Gasteiger partial charge in [0, 0.05) is 11.8 Å². The van der Waals surface area contributed by atoms with E-state index in [1.165, 1.54) is 6.08 Å². The third kappa shape index (κ3) is 3.72. The molecule has 1 nitrogen and oxygen atoms in total. The molecule has 0 fully saturated rings. The lowest BCUT2D eigenvalue weighted by Gasteiger charge is -2.07. The number of pyridine rings is 1. The Bertz CT molecular complexity index is 390. The molecule has 0 saturated heterocycles. The van der Waals surface area contributed by atoms with E-state index >= 15 is 0 Å². The van der Waals surface area contributed by atoms with Crippen LogP contribution in [0.2, 0.25) is 5.15 Å². The Labute approximate surface area is 102 Å². The molecule has 0 unspecified atom stereocenters. The Morgan fingerprint density at radius 3 is 2.69 bits per heavy atom. The molecule has 1 rings (SSSR count). The van der Waals surface area contributed by atoms with E-state index in [2.05, 4.69) is 17.6 Å². The van der Waals surface area contributed by atoms with Crippen LogP contribution in [0.1, 0.15) is 17.5 Å². The molecule has 6 heteroatoms. The van der Waals surface area contributed by atoms with Gasteiger partial charge in [-0.25, -0.2) is 4.98 Å². The number of hydrogen-bond acceptors (Lipinski definition) is 2. The monoisotopic (exact) mass is 267 g/mol. The van der Waals surface area contributed by atoms with Gasteiger partial charge in [0.05, 0.1) is 5.56 Å². The van der Waals surface area contributed by atoms with Gasteiger partial charge in [0.2, 0.25) is 0 Å². The first kappa shape index (κ1) is 13.4. The molecule has 1 aromatic rings. The van der Waals surface area contributed by atoms with E-state index in [4.69, 9.17) is 11.6 Å². The standard InChI is InChI=1S/C10H9ClF3NS/c11-9-7(3-1-2-4-16)5-8(6-15-9)10(12,13)14/h1,3,5-6,16H,2,4H2. The minimum absolute atomic E-state index is 0.0587. The van der Waals surface area contributed by atoms with Gasteiger partial charge in [-0.1, -0.05) is 23.8 Å². The lowest BCUT2D eigenvalue weighted by molar-refractivity contribution is -0.137. The van der Waals surface area contributed by atoms with Crippen molar-refractivity contribution >= 4 is 30.3 Å². The van der Waals surface area contributed by atoms with Crippen LogP contribution in [0.25, 0.3) is 6.08 Å². The number of alkyl halides is 3. The average molecular weight is 268 g/mol. The number of allylic oxidation sites excluding steroid dienone is 1. The second-order valence-electron chi connectivity index (χ2n) is 3.02. The highest BCUT2D eigenvalue weighted by atomic mass is 35.5. The quantitative estimate of drug-likeness (QED) is 0.643. The number of nitrogens with zero attached hydrogens (tertiary/aromatic N) is 1. The topological polar surface area (TPSA) is 12.9 Å². The fraction of sp³-hybridized carbons (Fsp3) is 0.300. The summed E-state index contributed by atoms with van der Waals surface area (Å²) in [5.74, 6) is 0.626. The summed E-state index contributed by atoms with van der Waals surface area (Å²) in [6, 6.07) is 0.977. The van der Waals surface area contributed by atoms with Crippen LogP contribution in [-0.4, -0.2) is 10.7 Å². The number of aromatic nitrogens is 1. The number of hydrogen-bond donors (Lipinski definition) is 1. The van der Waals surface area contributed by atoms with E-state index in [0.717, 1.165) is 12.3 Å². The number of halogens is 4. The van der Waals surface area contributed by atoms with Crippen molar-refractivity contribution in [3.05, 3.63) is 34.6 Å². The van der Waals surface area contributed by atoms with Gasteiger partial charge < -0.3 is 0 Å². The molecule has 1 aromatic heterocycles. The molecule has 0 saturated carbocycles. The molecule has 0 atom stereocenters. The van der Waals surface area contributed by atoms with Crippen molar-refractivity contribution in [3.63, 3.8) is 0 Å². The van der Waals surface area contributed by atoms with E-state index in [9.17, 15) is 13.2 Å². The SMILES string of the molecule is FC(F)(F)c1cnc(Cl)c(C=CCCS)c1. The normalized spacial score (nSPS) is 12.3. The lowest BCUT2D eigenvalue weighted by Crippen LogP contribution is -2.05. The van der Waals surface area contributed by atoms with Crippen LogP contribution in [-0.2, 0) is 6.18 Å². The molecule has 0 amide bonds. The maximum Gasteiger partial charge on any atom is 0.417 e. The Morgan fingerprint density at radius 1 is 1.44 bits per heavy atom. The smallest absolute Gasteiger partial charge is 0.243 e. The highest BCUT2D eigenvalue weighted by Crippen LogP contribution is 2.30. The minimum atomic E-state index is -4.40. The molecule has 0 aromatic carbocycles. The molecular formula is C10H9ClF3NS. The van der Waals surface area contributed by atoms with E-state index in [1.54, 1.807) is 6.08 Å². The summed E-state index contributed by atoms with van der Waals surface area (Å²) >= 11 is 9.66. The summed E-state index contributed by atoms with van der Waals surface area (Å²) in [5, 5.41) is 0.0587. The van der Waals surface area contributed by atoms with E-state index in [1.807, 2.05) is 0 Å². The van der Waals surface area contributed by atoms with Crippen LogP contribution in [0.3, 0.4) is 0 Å². The van der Waals surface area contributed by atoms with Gasteiger partial charge in [-0.15, -0.1) is 0 Å². The summed E-state index contributed by atoms with van der Waals surface area (Å²) < 4.78 is 37.1. The van der Waals surface area contributed by atoms with Gasteiger partial charge >= 0.3 is 6.18 Å². The molecule has 1 heterocycles. The molecule has 0 spiro atoms. The van der Waals surface area contributed by atoms with Crippen molar-refractivity contribution in [3.8, 4) is 0 Å². The van der Waals surface area contributed by atoms with Gasteiger partial charge in [-0.2, -0.15) is 25.8 Å². The maximum atomic E-state index is 12.4. The van der Waals surface area contributed by atoms with Crippen molar-refractivity contribution in [2.24, 2.45) is 0 Å². The lowest BCUT2D eigenvalue weighted by atomic mass is 10.2. The van der Waals surface area contributed by atoms with Gasteiger partial charge in [0.25, 0.3) is 0 Å². The number of thiol groups is 1. The van der Waals surface area contributed by atoms with Crippen LogP contribution in [0.5, 0.6) is 0 Å². The first-order chi connectivity index (χ1) is 7.45. The second-order valence-corrected chi connectivity index (χ2v) is 3.82. The van der Waals surface area contributed by atoms with Crippen LogP contribution in [0, 0.1) is 0 Å². The molecule has 88 valence electrons. The maximum absolute atomic E-state index is 12.4. The summed E-state index contributed by atoms with van der Waals surface area (Å²) in [7, 11) is 0. The predicted octanol–water partition coefficient (Wildman–Crippen LogP) is 4.09. The zero-order valence-corrected chi connectivity index (χ0v) is 9.78. The van der Waals surface area contributed by atoms with E-state index in [0.29, 0.717) is 12.2 Å². The fourth-order valence-electron chi connectivity index (χ4n) is 1.02. The first-order valence-corrected chi connectivity index (χ1v) is 5.46. The van der Waals surface area contributed by atoms with Crippen molar-refractivity contribution in [1.82, 2.24) is 4.98 Å². The molecular weight excluding hydrogens is 259 g/mol. The largest absolute Gasteiger partial charge is 0.417 e. The van der Waals surface area contributed by atoms with Crippen molar-refractivity contribution in [2.45, 2.75) is 12.6 Å². The Kier molecular flexibility index (Phi) is 4.68. The molecule has 0 bridgehead atoms. The molecule has 0 radical (unpaired) electrons. The Balaban J connectivity index is 3.00. The van der Waals surface area contributed by atoms with Crippen LogP contribution < -0.4 is 0 Å². The first-order valence-electron chi connectivity index (χ1n) is 4.45. The summed E-state index contributed by atoms with van der Waals surface area (Å²) in [5.41, 5.74) is -0.541. The molecule has 0 N–H and O–H groups in total. The third-order valence-corrected chi connectivity index (χ3v) is 2.36. The Hall–Kier alpha value is -0.680. The van der Waals surface area contributed by atoms with Crippen LogP contribution in [0.4, 0.5) is 13.2 Å². The highest BCUT2D eigenvalue weighted by molar-refractivity contribution is 7.80. The predicted molar refractivity (Wildman–Crippen MR) is 61.8 cm³/mol. The summed E-state index contributed by atoms with van der Waals surface area (Å²) in [4.78, 5) is 3.50. The second kappa shape index (κ2) is 5.59. The van der Waals surface area contributed by atoms with Gasteiger partial charge in [0.1, 0.15) is 5.15 Å². The molecule has 0 aliphatic heterocycles. The fourth-order valence-corrected chi connectivity index (χ4v) is 1.34.